The number of anilines is 1. The number of esters is 1. The largest absolute Gasteiger partial charge is 0.490 e. The van der Waals surface area contributed by atoms with Crippen molar-refractivity contribution in [2.75, 3.05) is 25.1 Å². The molecule has 0 fully saturated rings. The van der Waals surface area contributed by atoms with Crippen molar-refractivity contribution >= 4 is 34.5 Å². The maximum absolute atomic E-state index is 12.9. The monoisotopic (exact) mass is 521 g/mol. The molecular weight excluding hydrogens is 490 g/mol. The van der Waals surface area contributed by atoms with E-state index in [0.29, 0.717) is 29.4 Å². The van der Waals surface area contributed by atoms with Gasteiger partial charge >= 0.3 is 5.97 Å². The van der Waals surface area contributed by atoms with Crippen LogP contribution in [0, 0.1) is 13.8 Å². The molecule has 0 unspecified atom stereocenters. The Morgan fingerprint density at radius 2 is 1.78 bits per heavy atom. The van der Waals surface area contributed by atoms with Crippen LogP contribution in [0.15, 0.2) is 64.3 Å². The standard InChI is InChI=1S/C28H31N3O5S/c1-6-34-22-15-20(26-24(27(33)35-7-2)19(5)29-28-31(26)13-14-37-28)11-12-21(22)36-16-23(32)30-25-17(3)9-8-10-18(25)4/h8-15,26H,6-7,16H2,1-5H3,(H,30,32)/t26-/m0/s1. The summed E-state index contributed by atoms with van der Waals surface area (Å²) in [6.45, 7) is 9.88. The van der Waals surface area contributed by atoms with Gasteiger partial charge in [-0.15, -0.1) is 0 Å². The number of allylic oxidation sites excluding steroid dienone is 1. The molecule has 1 atom stereocenters. The van der Waals surface area contributed by atoms with Gasteiger partial charge in [0.05, 0.1) is 30.5 Å². The molecule has 0 saturated heterocycles. The van der Waals surface area contributed by atoms with Crippen LogP contribution in [0.5, 0.6) is 11.5 Å². The summed E-state index contributed by atoms with van der Waals surface area (Å²) in [5.74, 6) is 0.260. The van der Waals surface area contributed by atoms with E-state index in [1.807, 2.05) is 74.5 Å². The Balaban J connectivity index is 1.59. The van der Waals surface area contributed by atoms with Gasteiger partial charge in [0.25, 0.3) is 5.91 Å². The van der Waals surface area contributed by atoms with Crippen LogP contribution < -0.4 is 14.8 Å². The van der Waals surface area contributed by atoms with Crippen molar-refractivity contribution in [3.63, 3.8) is 0 Å². The minimum atomic E-state index is -0.432. The third-order valence-corrected chi connectivity index (χ3v) is 6.77. The van der Waals surface area contributed by atoms with Crippen LogP contribution in [0.25, 0.3) is 0 Å². The molecule has 0 bridgehead atoms. The van der Waals surface area contributed by atoms with Crippen LogP contribution in [-0.4, -0.2) is 41.8 Å². The number of thioether (sulfide) groups is 1. The molecule has 4 rings (SSSR count). The maximum Gasteiger partial charge on any atom is 0.338 e. The number of nitrogens with one attached hydrogen (secondary N) is 1. The van der Waals surface area contributed by atoms with E-state index in [0.717, 1.165) is 27.5 Å². The third-order valence-electron chi connectivity index (χ3n) is 6.00. The summed E-state index contributed by atoms with van der Waals surface area (Å²) >= 11 is 1.50. The van der Waals surface area contributed by atoms with E-state index in [2.05, 4.69) is 10.3 Å². The number of amidine groups is 1. The van der Waals surface area contributed by atoms with Gasteiger partial charge in [-0.3, -0.25) is 4.79 Å². The first-order valence-electron chi connectivity index (χ1n) is 12.2. The van der Waals surface area contributed by atoms with Crippen LogP contribution in [0.3, 0.4) is 0 Å². The first-order valence-corrected chi connectivity index (χ1v) is 13.1. The molecule has 0 aromatic heterocycles. The number of hydrogen-bond donors (Lipinski definition) is 1. The lowest BCUT2D eigenvalue weighted by atomic mass is 9.94. The molecule has 9 heteroatoms. The zero-order valence-corrected chi connectivity index (χ0v) is 22.5. The van der Waals surface area contributed by atoms with E-state index < -0.39 is 12.0 Å². The van der Waals surface area contributed by atoms with Gasteiger partial charge in [0, 0.05) is 11.9 Å². The van der Waals surface area contributed by atoms with Gasteiger partial charge in [0.1, 0.15) is 0 Å². The summed E-state index contributed by atoms with van der Waals surface area (Å²) in [7, 11) is 0. The summed E-state index contributed by atoms with van der Waals surface area (Å²) in [4.78, 5) is 32.1. The smallest absolute Gasteiger partial charge is 0.338 e. The Morgan fingerprint density at radius 3 is 2.49 bits per heavy atom. The van der Waals surface area contributed by atoms with E-state index in [1.165, 1.54) is 11.8 Å². The first kappa shape index (κ1) is 26.3. The van der Waals surface area contributed by atoms with Crippen molar-refractivity contribution in [1.82, 2.24) is 4.90 Å². The second-order valence-electron chi connectivity index (χ2n) is 8.57. The molecule has 194 valence electrons. The second kappa shape index (κ2) is 11.6. The fourth-order valence-corrected chi connectivity index (χ4v) is 5.10. The Labute approximate surface area is 221 Å². The molecule has 8 nitrogen and oxygen atoms in total. The van der Waals surface area contributed by atoms with Crippen molar-refractivity contribution in [3.8, 4) is 11.5 Å². The zero-order chi connectivity index (χ0) is 26.5. The number of hydrogen-bond acceptors (Lipinski definition) is 8. The molecule has 0 radical (unpaired) electrons. The Bertz CT molecular complexity index is 1280. The number of amides is 1. The van der Waals surface area contributed by atoms with Gasteiger partial charge in [0.15, 0.2) is 23.3 Å². The molecule has 0 spiro atoms. The Kier molecular flexibility index (Phi) is 8.23. The predicted octanol–water partition coefficient (Wildman–Crippen LogP) is 5.49. The molecule has 2 heterocycles. The van der Waals surface area contributed by atoms with Crippen molar-refractivity contribution in [1.29, 1.82) is 0 Å². The number of rotatable bonds is 9. The average molecular weight is 522 g/mol. The number of fused-ring (bicyclic) bond motifs is 1. The molecular formula is C28H31N3O5S. The van der Waals surface area contributed by atoms with Crippen molar-refractivity contribution in [2.24, 2.45) is 4.99 Å². The SMILES string of the molecule is CCOC(=O)C1=C(C)N=C2SC=CN2[C@H]1c1ccc(OCC(=O)Nc2c(C)cccc2C)c(OCC)c1. The number of carbonyl (C=O) groups is 2. The van der Waals surface area contributed by atoms with Gasteiger partial charge in [0.2, 0.25) is 0 Å². The highest BCUT2D eigenvalue weighted by atomic mass is 32.2. The highest BCUT2D eigenvalue weighted by Crippen LogP contribution is 2.43. The molecule has 2 aromatic rings. The number of aliphatic imine (C=N–C) groups is 1. The topological polar surface area (TPSA) is 89.5 Å². The van der Waals surface area contributed by atoms with Crippen LogP contribution in [0.4, 0.5) is 5.69 Å². The van der Waals surface area contributed by atoms with Crippen LogP contribution in [-0.2, 0) is 14.3 Å². The zero-order valence-electron chi connectivity index (χ0n) is 21.7. The fraction of sp³-hybridized carbons (Fsp3) is 0.321. The molecule has 1 amide bonds. The number of ether oxygens (including phenoxy) is 3. The molecule has 0 aliphatic carbocycles. The molecule has 0 saturated carbocycles. The summed E-state index contributed by atoms with van der Waals surface area (Å²) in [5, 5.41) is 5.65. The van der Waals surface area contributed by atoms with Crippen molar-refractivity contribution in [3.05, 3.63) is 76.0 Å². The van der Waals surface area contributed by atoms with Crippen LogP contribution in [0.1, 0.15) is 43.5 Å². The predicted molar refractivity (Wildman–Crippen MR) is 146 cm³/mol. The number of aryl methyl sites for hydroxylation is 2. The van der Waals surface area contributed by atoms with Gasteiger partial charge in [-0.1, -0.05) is 36.0 Å². The minimum Gasteiger partial charge on any atom is -0.490 e. The maximum atomic E-state index is 12.9. The molecule has 2 aromatic carbocycles. The lowest BCUT2D eigenvalue weighted by Gasteiger charge is -2.33. The van der Waals surface area contributed by atoms with Crippen LogP contribution in [0.2, 0.25) is 0 Å². The lowest BCUT2D eigenvalue weighted by Crippen LogP contribution is -2.34. The average Bonchev–Trinajstić information content (AvgIpc) is 3.33. The number of para-hydroxylation sites is 1. The van der Waals surface area contributed by atoms with E-state index in [1.54, 1.807) is 13.0 Å². The summed E-state index contributed by atoms with van der Waals surface area (Å²) in [6, 6.07) is 10.9. The molecule has 2 aliphatic rings. The Hall–Kier alpha value is -3.72. The Morgan fingerprint density at radius 1 is 1.03 bits per heavy atom. The highest BCUT2D eigenvalue weighted by molar-refractivity contribution is 8.16. The second-order valence-corrected chi connectivity index (χ2v) is 9.44. The molecule has 37 heavy (non-hydrogen) atoms. The third kappa shape index (κ3) is 5.67. The van der Waals surface area contributed by atoms with E-state index in [-0.39, 0.29) is 19.1 Å². The summed E-state index contributed by atoms with van der Waals surface area (Å²) < 4.78 is 17.1. The van der Waals surface area contributed by atoms with E-state index in [4.69, 9.17) is 14.2 Å². The van der Waals surface area contributed by atoms with E-state index >= 15 is 0 Å². The number of carbonyl (C=O) groups excluding carboxylic acids is 2. The van der Waals surface area contributed by atoms with Gasteiger partial charge in [-0.2, -0.15) is 0 Å². The van der Waals surface area contributed by atoms with Crippen LogP contribution >= 0.6 is 11.8 Å². The summed E-state index contributed by atoms with van der Waals surface area (Å²) in [5.41, 5.74) is 4.67. The fourth-order valence-electron chi connectivity index (χ4n) is 4.31. The molecule has 1 N–H and O–H groups in total. The lowest BCUT2D eigenvalue weighted by molar-refractivity contribution is -0.139. The van der Waals surface area contributed by atoms with Gasteiger partial charge in [-0.25, -0.2) is 9.79 Å². The number of nitrogens with zero attached hydrogens (tertiary/aromatic N) is 2. The normalized spacial score (nSPS) is 16.3. The quantitative estimate of drug-likeness (QED) is 0.437. The number of benzene rings is 2. The van der Waals surface area contributed by atoms with Crippen molar-refractivity contribution < 1.29 is 23.8 Å². The highest BCUT2D eigenvalue weighted by Gasteiger charge is 2.37. The first-order chi connectivity index (χ1) is 17.8. The van der Waals surface area contributed by atoms with Gasteiger partial charge < -0.3 is 24.4 Å². The van der Waals surface area contributed by atoms with Crippen molar-refractivity contribution in [2.45, 2.75) is 40.7 Å². The van der Waals surface area contributed by atoms with Gasteiger partial charge in [-0.05, 0) is 68.8 Å². The molecule has 2 aliphatic heterocycles. The van der Waals surface area contributed by atoms with E-state index in [9.17, 15) is 9.59 Å². The summed E-state index contributed by atoms with van der Waals surface area (Å²) in [6.07, 6.45) is 1.91. The minimum absolute atomic E-state index is 0.175.